The molecule has 96 valence electrons. The highest BCUT2D eigenvalue weighted by molar-refractivity contribution is 7.80. The molecule has 0 unspecified atom stereocenters. The predicted molar refractivity (Wildman–Crippen MR) is 77.6 cm³/mol. The third kappa shape index (κ3) is 5.87. The van der Waals surface area contributed by atoms with Crippen LogP contribution in [0, 0.1) is 0 Å². The molecular weight excluding hydrogens is 277 g/mol. The van der Waals surface area contributed by atoms with Gasteiger partial charge in [0.2, 0.25) is 0 Å². The van der Waals surface area contributed by atoms with Crippen molar-refractivity contribution in [2.45, 2.75) is 25.3 Å². The van der Waals surface area contributed by atoms with Crippen LogP contribution in [-0.4, -0.2) is 18.4 Å². The van der Waals surface area contributed by atoms with E-state index in [1.165, 1.54) is 0 Å². The summed E-state index contributed by atoms with van der Waals surface area (Å²) in [5, 5.41) is 1.06. The molecule has 1 atom stereocenters. The van der Waals surface area contributed by atoms with E-state index in [-0.39, 0.29) is 6.04 Å². The summed E-state index contributed by atoms with van der Waals surface area (Å²) in [5.41, 5.74) is 5.75. The molecule has 0 radical (unpaired) electrons. The molecule has 0 aliphatic carbocycles. The zero-order valence-corrected chi connectivity index (χ0v) is 11.9. The third-order valence-electron chi connectivity index (χ3n) is 2.36. The second kappa shape index (κ2) is 8.09. The summed E-state index contributed by atoms with van der Waals surface area (Å²) < 4.78 is 5.55. The minimum absolute atomic E-state index is 0.184. The van der Waals surface area contributed by atoms with Crippen LogP contribution in [0.2, 0.25) is 10.0 Å². The van der Waals surface area contributed by atoms with Crippen LogP contribution in [0.5, 0.6) is 5.75 Å². The lowest BCUT2D eigenvalue weighted by atomic mass is 10.1. The zero-order chi connectivity index (χ0) is 12.7. The molecule has 0 heterocycles. The smallest absolute Gasteiger partial charge is 0.120 e. The molecule has 17 heavy (non-hydrogen) atoms. The van der Waals surface area contributed by atoms with Gasteiger partial charge in [0.1, 0.15) is 5.75 Å². The normalized spacial score (nSPS) is 12.5. The van der Waals surface area contributed by atoms with Gasteiger partial charge >= 0.3 is 0 Å². The Hall–Kier alpha value is -0.0900. The van der Waals surface area contributed by atoms with Gasteiger partial charge < -0.3 is 10.5 Å². The molecule has 2 nitrogen and oxygen atoms in total. The van der Waals surface area contributed by atoms with Crippen molar-refractivity contribution < 1.29 is 4.74 Å². The quantitative estimate of drug-likeness (QED) is 0.592. The summed E-state index contributed by atoms with van der Waals surface area (Å²) in [5.74, 6) is 1.48. The minimum Gasteiger partial charge on any atom is -0.494 e. The van der Waals surface area contributed by atoms with E-state index in [9.17, 15) is 0 Å². The van der Waals surface area contributed by atoms with Crippen molar-refractivity contribution in [3.8, 4) is 5.75 Å². The monoisotopic (exact) mass is 293 g/mol. The summed E-state index contributed by atoms with van der Waals surface area (Å²) in [6.45, 7) is 0.664. The van der Waals surface area contributed by atoms with Crippen LogP contribution in [0.3, 0.4) is 0 Å². The largest absolute Gasteiger partial charge is 0.494 e. The molecule has 2 N–H and O–H groups in total. The van der Waals surface area contributed by atoms with Crippen molar-refractivity contribution in [3.63, 3.8) is 0 Å². The van der Waals surface area contributed by atoms with Gasteiger partial charge in [-0.05, 0) is 31.4 Å². The molecule has 0 aromatic heterocycles. The summed E-state index contributed by atoms with van der Waals surface area (Å²) in [6, 6.07) is 5.45. The fourth-order valence-electron chi connectivity index (χ4n) is 1.36. The highest BCUT2D eigenvalue weighted by Crippen LogP contribution is 2.26. The Morgan fingerprint density at radius 2 is 2.00 bits per heavy atom. The second-order valence-electron chi connectivity index (χ2n) is 3.86. The van der Waals surface area contributed by atoms with E-state index < -0.39 is 0 Å². The molecule has 0 saturated heterocycles. The van der Waals surface area contributed by atoms with Gasteiger partial charge in [0.05, 0.1) is 16.7 Å². The molecule has 0 amide bonds. The number of hydrogen-bond donors (Lipinski definition) is 2. The molecular formula is C12H17Cl2NOS. The third-order valence-corrected chi connectivity index (χ3v) is 3.57. The number of ether oxygens (including phenoxy) is 1. The van der Waals surface area contributed by atoms with Crippen LogP contribution in [0.15, 0.2) is 18.2 Å². The highest BCUT2D eigenvalue weighted by atomic mass is 35.5. The Bertz CT molecular complexity index is 349. The molecule has 1 aromatic carbocycles. The maximum atomic E-state index is 5.88. The van der Waals surface area contributed by atoms with Gasteiger partial charge in [-0.3, -0.25) is 0 Å². The van der Waals surface area contributed by atoms with E-state index in [1.54, 1.807) is 12.1 Å². The van der Waals surface area contributed by atoms with Crippen molar-refractivity contribution in [1.29, 1.82) is 0 Å². The number of halogens is 2. The lowest BCUT2D eigenvalue weighted by molar-refractivity contribution is 0.304. The maximum absolute atomic E-state index is 5.88. The maximum Gasteiger partial charge on any atom is 0.120 e. The first kappa shape index (κ1) is 15.0. The Balaban J connectivity index is 2.20. The molecule has 0 aliphatic rings. The van der Waals surface area contributed by atoms with E-state index in [0.717, 1.165) is 30.8 Å². The average molecular weight is 294 g/mol. The van der Waals surface area contributed by atoms with Gasteiger partial charge in [-0.25, -0.2) is 0 Å². The van der Waals surface area contributed by atoms with Gasteiger partial charge in [-0.1, -0.05) is 23.2 Å². The van der Waals surface area contributed by atoms with Crippen LogP contribution < -0.4 is 10.5 Å². The summed E-state index contributed by atoms with van der Waals surface area (Å²) in [6.07, 6.45) is 3.00. The molecule has 0 fully saturated rings. The number of rotatable bonds is 7. The van der Waals surface area contributed by atoms with Crippen LogP contribution >= 0.6 is 35.8 Å². The number of benzene rings is 1. The summed E-state index contributed by atoms with van der Waals surface area (Å²) in [4.78, 5) is 0. The lowest BCUT2D eigenvalue weighted by Crippen LogP contribution is -2.21. The van der Waals surface area contributed by atoms with Crippen LogP contribution in [0.1, 0.15) is 19.3 Å². The molecule has 0 aliphatic heterocycles. The van der Waals surface area contributed by atoms with Gasteiger partial charge in [0, 0.05) is 17.9 Å². The van der Waals surface area contributed by atoms with Crippen molar-refractivity contribution in [2.75, 3.05) is 12.4 Å². The molecule has 1 aromatic rings. The second-order valence-corrected chi connectivity index (χ2v) is 5.04. The number of hydrogen-bond acceptors (Lipinski definition) is 3. The Morgan fingerprint density at radius 3 is 2.65 bits per heavy atom. The first-order chi connectivity index (χ1) is 8.13. The van der Waals surface area contributed by atoms with E-state index in [2.05, 4.69) is 12.6 Å². The van der Waals surface area contributed by atoms with E-state index in [0.29, 0.717) is 16.7 Å². The van der Waals surface area contributed by atoms with Gasteiger partial charge in [-0.15, -0.1) is 0 Å². The van der Waals surface area contributed by atoms with E-state index in [4.69, 9.17) is 33.7 Å². The Morgan fingerprint density at radius 1 is 1.24 bits per heavy atom. The summed E-state index contributed by atoms with van der Waals surface area (Å²) >= 11 is 15.8. The molecule has 0 bridgehead atoms. The average Bonchev–Trinajstić information content (AvgIpc) is 2.33. The first-order valence-corrected chi connectivity index (χ1v) is 6.96. The lowest BCUT2D eigenvalue weighted by Gasteiger charge is -2.09. The van der Waals surface area contributed by atoms with E-state index in [1.807, 2.05) is 6.07 Å². The Kier molecular flexibility index (Phi) is 7.12. The van der Waals surface area contributed by atoms with Crippen LogP contribution in [-0.2, 0) is 0 Å². The number of unbranched alkanes of at least 4 members (excludes halogenated alkanes) is 1. The predicted octanol–water partition coefficient (Wildman–Crippen LogP) is 3.80. The first-order valence-electron chi connectivity index (χ1n) is 5.57. The standard InChI is InChI=1S/C12H17Cl2NOS/c13-11-5-4-10(7-12(11)14)16-6-2-1-3-9(15)8-17/h4-5,7,9,17H,1-3,6,8,15H2/t9-/m0/s1. The summed E-state index contributed by atoms with van der Waals surface area (Å²) in [7, 11) is 0. The zero-order valence-electron chi connectivity index (χ0n) is 9.53. The van der Waals surface area contributed by atoms with Crippen LogP contribution in [0.25, 0.3) is 0 Å². The topological polar surface area (TPSA) is 35.2 Å². The van der Waals surface area contributed by atoms with Crippen molar-refractivity contribution in [3.05, 3.63) is 28.2 Å². The number of nitrogens with two attached hydrogens (primary N) is 1. The van der Waals surface area contributed by atoms with Crippen molar-refractivity contribution >= 4 is 35.8 Å². The fraction of sp³-hybridized carbons (Fsp3) is 0.500. The molecule has 5 heteroatoms. The van der Waals surface area contributed by atoms with Crippen molar-refractivity contribution in [2.24, 2.45) is 5.73 Å². The fourth-order valence-corrected chi connectivity index (χ4v) is 1.83. The molecule has 0 spiro atoms. The highest BCUT2D eigenvalue weighted by Gasteiger charge is 2.01. The molecule has 0 saturated carbocycles. The van der Waals surface area contributed by atoms with Gasteiger partial charge in [0.15, 0.2) is 0 Å². The van der Waals surface area contributed by atoms with Gasteiger partial charge in [0.25, 0.3) is 0 Å². The number of thiol groups is 1. The van der Waals surface area contributed by atoms with Crippen molar-refractivity contribution in [1.82, 2.24) is 0 Å². The van der Waals surface area contributed by atoms with Gasteiger partial charge in [-0.2, -0.15) is 12.6 Å². The van der Waals surface area contributed by atoms with E-state index >= 15 is 0 Å². The minimum atomic E-state index is 0.184. The SMILES string of the molecule is N[C@H](CS)CCCCOc1ccc(Cl)c(Cl)c1. The molecule has 1 rings (SSSR count). The Labute approximate surface area is 118 Å². The van der Waals surface area contributed by atoms with Crippen LogP contribution in [0.4, 0.5) is 0 Å².